The largest absolute Gasteiger partial charge is 0.371 e. The fraction of sp³-hybridized carbons (Fsp3) is 0.647. The fourth-order valence-corrected chi connectivity index (χ4v) is 3.31. The molecular formula is C17H28BrN. The third kappa shape index (κ3) is 5.56. The number of rotatable bonds is 7. The molecule has 0 radical (unpaired) electrons. The molecule has 1 atom stereocenters. The molecular weight excluding hydrogens is 298 g/mol. The monoisotopic (exact) mass is 325 g/mol. The highest BCUT2D eigenvalue weighted by molar-refractivity contribution is 9.09. The van der Waals surface area contributed by atoms with Crippen molar-refractivity contribution < 1.29 is 0 Å². The summed E-state index contributed by atoms with van der Waals surface area (Å²) < 4.78 is 0. The van der Waals surface area contributed by atoms with Crippen LogP contribution in [0, 0.1) is 11.3 Å². The molecule has 1 aromatic carbocycles. The summed E-state index contributed by atoms with van der Waals surface area (Å²) in [7, 11) is 0. The topological polar surface area (TPSA) is 3.24 Å². The first-order valence-corrected chi connectivity index (χ1v) is 8.47. The lowest BCUT2D eigenvalue weighted by atomic mass is 9.81. The third-order valence-electron chi connectivity index (χ3n) is 3.75. The van der Waals surface area contributed by atoms with Crippen LogP contribution in [0.2, 0.25) is 0 Å². The molecule has 0 fully saturated rings. The van der Waals surface area contributed by atoms with Gasteiger partial charge in [0.05, 0.1) is 0 Å². The highest BCUT2D eigenvalue weighted by atomic mass is 79.9. The highest BCUT2D eigenvalue weighted by Crippen LogP contribution is 2.30. The van der Waals surface area contributed by atoms with Gasteiger partial charge in [0.2, 0.25) is 0 Å². The van der Waals surface area contributed by atoms with Crippen LogP contribution in [-0.4, -0.2) is 18.4 Å². The van der Waals surface area contributed by atoms with E-state index in [2.05, 4.69) is 78.9 Å². The highest BCUT2D eigenvalue weighted by Gasteiger charge is 2.25. The number of unbranched alkanes of at least 4 members (excludes halogenated alkanes) is 1. The first-order valence-electron chi connectivity index (χ1n) is 7.35. The van der Waals surface area contributed by atoms with Gasteiger partial charge >= 0.3 is 0 Å². The average molecular weight is 326 g/mol. The Morgan fingerprint density at radius 1 is 1.16 bits per heavy atom. The van der Waals surface area contributed by atoms with Gasteiger partial charge in [0.1, 0.15) is 0 Å². The molecule has 0 aliphatic carbocycles. The fourth-order valence-electron chi connectivity index (χ4n) is 2.13. The maximum Gasteiger partial charge on any atom is 0.0366 e. The molecule has 0 aliphatic rings. The molecule has 0 aliphatic heterocycles. The number of halogens is 1. The predicted octanol–water partition coefficient (Wildman–Crippen LogP) is 5.35. The first-order chi connectivity index (χ1) is 8.99. The standard InChI is InChI=1S/C17H28BrN/c1-5-6-12-19(16-10-8-7-9-11-16)14-15(13-18)17(2,3)4/h7-11,15H,5-6,12-14H2,1-4H3. The van der Waals surface area contributed by atoms with Crippen molar-refractivity contribution in [3.8, 4) is 0 Å². The van der Waals surface area contributed by atoms with Gasteiger partial charge in [-0.2, -0.15) is 0 Å². The van der Waals surface area contributed by atoms with Crippen LogP contribution in [0.3, 0.4) is 0 Å². The zero-order chi connectivity index (χ0) is 14.3. The van der Waals surface area contributed by atoms with Gasteiger partial charge in [-0.25, -0.2) is 0 Å². The van der Waals surface area contributed by atoms with Crippen LogP contribution in [0.15, 0.2) is 30.3 Å². The van der Waals surface area contributed by atoms with Crippen LogP contribution in [-0.2, 0) is 0 Å². The van der Waals surface area contributed by atoms with Gasteiger partial charge in [-0.15, -0.1) is 0 Å². The lowest BCUT2D eigenvalue weighted by Gasteiger charge is -2.35. The van der Waals surface area contributed by atoms with Gasteiger partial charge < -0.3 is 4.90 Å². The van der Waals surface area contributed by atoms with E-state index >= 15 is 0 Å². The van der Waals surface area contributed by atoms with Gasteiger partial charge in [-0.3, -0.25) is 0 Å². The Labute approximate surface area is 127 Å². The molecule has 0 heterocycles. The second-order valence-electron chi connectivity index (χ2n) is 6.35. The van der Waals surface area contributed by atoms with Gasteiger partial charge in [0.25, 0.3) is 0 Å². The van der Waals surface area contributed by atoms with Crippen LogP contribution < -0.4 is 4.90 Å². The maximum atomic E-state index is 3.69. The molecule has 0 N–H and O–H groups in total. The van der Waals surface area contributed by atoms with Crippen LogP contribution in [0.5, 0.6) is 0 Å². The summed E-state index contributed by atoms with van der Waals surface area (Å²) in [5.41, 5.74) is 1.69. The minimum absolute atomic E-state index is 0.336. The smallest absolute Gasteiger partial charge is 0.0366 e. The van der Waals surface area contributed by atoms with Crippen LogP contribution in [0.1, 0.15) is 40.5 Å². The van der Waals surface area contributed by atoms with Crippen molar-refractivity contribution >= 4 is 21.6 Å². The second kappa shape index (κ2) is 7.94. The van der Waals surface area contributed by atoms with Gasteiger partial charge in [-0.05, 0) is 29.9 Å². The molecule has 1 rings (SSSR count). The van der Waals surface area contributed by atoms with Crippen LogP contribution >= 0.6 is 15.9 Å². The van der Waals surface area contributed by atoms with E-state index in [4.69, 9.17) is 0 Å². The van der Waals surface area contributed by atoms with Crippen LogP contribution in [0.4, 0.5) is 5.69 Å². The molecule has 1 unspecified atom stereocenters. The van der Waals surface area contributed by atoms with E-state index in [9.17, 15) is 0 Å². The summed E-state index contributed by atoms with van der Waals surface area (Å²) in [6.45, 7) is 11.5. The summed E-state index contributed by atoms with van der Waals surface area (Å²) in [5.74, 6) is 0.657. The summed E-state index contributed by atoms with van der Waals surface area (Å²) in [6, 6.07) is 10.8. The van der Waals surface area contributed by atoms with E-state index in [0.717, 1.165) is 18.4 Å². The Hall–Kier alpha value is -0.500. The molecule has 108 valence electrons. The average Bonchev–Trinajstić information content (AvgIpc) is 2.38. The molecule has 19 heavy (non-hydrogen) atoms. The molecule has 0 amide bonds. The van der Waals surface area contributed by atoms with Gasteiger partial charge in [0, 0.05) is 24.1 Å². The summed E-state index contributed by atoms with van der Waals surface area (Å²) >= 11 is 3.69. The normalized spacial score (nSPS) is 13.3. The van der Waals surface area contributed by atoms with E-state index in [1.807, 2.05) is 0 Å². The van der Waals surface area contributed by atoms with Crippen LogP contribution in [0.25, 0.3) is 0 Å². The van der Waals surface area contributed by atoms with E-state index in [1.54, 1.807) is 0 Å². The van der Waals surface area contributed by atoms with E-state index in [0.29, 0.717) is 11.3 Å². The first kappa shape index (κ1) is 16.6. The molecule has 0 saturated heterocycles. The summed E-state index contributed by atoms with van der Waals surface area (Å²) in [5, 5.41) is 1.06. The number of hydrogen-bond donors (Lipinski definition) is 0. The molecule has 0 saturated carbocycles. The second-order valence-corrected chi connectivity index (χ2v) is 7.00. The lowest BCUT2D eigenvalue weighted by molar-refractivity contribution is 0.270. The van der Waals surface area contributed by atoms with E-state index in [1.165, 1.54) is 18.5 Å². The molecule has 2 heteroatoms. The molecule has 1 aromatic rings. The van der Waals surface area contributed by atoms with Crippen molar-refractivity contribution in [3.05, 3.63) is 30.3 Å². The van der Waals surface area contributed by atoms with Crippen molar-refractivity contribution in [2.75, 3.05) is 23.3 Å². The Bertz CT molecular complexity index is 342. The Morgan fingerprint density at radius 2 is 1.79 bits per heavy atom. The summed E-state index contributed by atoms with van der Waals surface area (Å²) in [4.78, 5) is 2.54. The number of nitrogens with zero attached hydrogens (tertiary/aromatic N) is 1. The Balaban J connectivity index is 2.80. The third-order valence-corrected chi connectivity index (χ3v) is 4.54. The minimum Gasteiger partial charge on any atom is -0.371 e. The van der Waals surface area contributed by atoms with Crippen molar-refractivity contribution in [2.24, 2.45) is 11.3 Å². The van der Waals surface area contributed by atoms with Crippen molar-refractivity contribution in [2.45, 2.75) is 40.5 Å². The Kier molecular flexibility index (Phi) is 6.92. The SMILES string of the molecule is CCCCN(CC(CBr)C(C)(C)C)c1ccccc1. The van der Waals surface area contributed by atoms with E-state index in [-0.39, 0.29) is 0 Å². The Morgan fingerprint density at radius 3 is 2.26 bits per heavy atom. The number of benzene rings is 1. The van der Waals surface area contributed by atoms with E-state index < -0.39 is 0 Å². The van der Waals surface area contributed by atoms with Crippen molar-refractivity contribution in [1.29, 1.82) is 0 Å². The maximum absolute atomic E-state index is 3.69. The van der Waals surface area contributed by atoms with Crippen molar-refractivity contribution in [1.82, 2.24) is 0 Å². The van der Waals surface area contributed by atoms with Gasteiger partial charge in [-0.1, -0.05) is 68.2 Å². The zero-order valence-corrected chi connectivity index (χ0v) is 14.4. The number of anilines is 1. The van der Waals surface area contributed by atoms with Gasteiger partial charge in [0.15, 0.2) is 0 Å². The predicted molar refractivity (Wildman–Crippen MR) is 90.3 cm³/mol. The molecule has 0 bridgehead atoms. The number of hydrogen-bond acceptors (Lipinski definition) is 1. The molecule has 0 spiro atoms. The molecule has 0 aromatic heterocycles. The molecule has 1 nitrogen and oxygen atoms in total. The number of alkyl halides is 1. The van der Waals surface area contributed by atoms with Crippen molar-refractivity contribution in [3.63, 3.8) is 0 Å². The minimum atomic E-state index is 0.336. The number of para-hydroxylation sites is 1. The summed E-state index contributed by atoms with van der Waals surface area (Å²) in [6.07, 6.45) is 2.51. The zero-order valence-electron chi connectivity index (χ0n) is 12.8. The quantitative estimate of drug-likeness (QED) is 0.611. The lowest BCUT2D eigenvalue weighted by Crippen LogP contribution is -2.37.